The maximum Gasteiger partial charge on any atom is 0.509 e. The highest BCUT2D eigenvalue weighted by Crippen LogP contribution is 2.38. The first kappa shape index (κ1) is 32.8. The first-order valence-electron chi connectivity index (χ1n) is 11.1. The molecule has 41 heavy (non-hydrogen) atoms. The third-order valence-corrected chi connectivity index (χ3v) is 8.99. The molecule has 0 N–H and O–H groups in total. The van der Waals surface area contributed by atoms with Crippen molar-refractivity contribution >= 4 is 57.2 Å². The van der Waals surface area contributed by atoms with Crippen molar-refractivity contribution in [1.29, 1.82) is 0 Å². The Morgan fingerprint density at radius 2 is 0.780 bits per heavy atom. The summed E-state index contributed by atoms with van der Waals surface area (Å²) in [5.74, 6) is 0. The van der Waals surface area contributed by atoms with E-state index in [1.54, 1.807) is 72.8 Å². The molecular formula is C26H15BCl3F9OS. The van der Waals surface area contributed by atoms with Crippen molar-refractivity contribution in [2.45, 2.75) is 27.0 Å². The fourth-order valence-electron chi connectivity index (χ4n) is 3.45. The Bertz CT molecular complexity index is 1340. The minimum Gasteiger partial charge on any atom is -0.445 e. The summed E-state index contributed by atoms with van der Waals surface area (Å²) in [5, 5.41) is 1.80. The van der Waals surface area contributed by atoms with Crippen LogP contribution in [0.2, 0.25) is 15.1 Å². The lowest BCUT2D eigenvalue weighted by atomic mass is 9.78. The summed E-state index contributed by atoms with van der Waals surface area (Å²) in [6.45, 7) is -5.95. The number of alkyl halides is 6. The van der Waals surface area contributed by atoms with Crippen molar-refractivity contribution in [2.24, 2.45) is 0 Å². The second-order valence-corrected chi connectivity index (χ2v) is 12.2. The van der Waals surface area contributed by atoms with E-state index in [0.717, 1.165) is 0 Å². The van der Waals surface area contributed by atoms with Crippen LogP contribution < -0.4 is 5.46 Å². The normalized spacial score (nSPS) is 12.5. The number of halogens is 12. The summed E-state index contributed by atoms with van der Waals surface area (Å²) in [5.41, 5.74) is -5.89. The van der Waals surface area contributed by atoms with Crippen molar-refractivity contribution in [2.75, 3.05) is 0 Å². The first-order valence-corrected chi connectivity index (χ1v) is 13.8. The maximum atomic E-state index is 14.0. The summed E-state index contributed by atoms with van der Waals surface area (Å²) in [6, 6.07) is 20.1. The molecule has 0 heterocycles. The number of benzene rings is 4. The van der Waals surface area contributed by atoms with Crippen LogP contribution in [0.1, 0.15) is 11.1 Å². The monoisotopic (exact) mass is 662 g/mol. The Morgan fingerprint density at radius 1 is 0.512 bits per heavy atom. The van der Waals surface area contributed by atoms with Gasteiger partial charge in [-0.3, -0.25) is 0 Å². The van der Waals surface area contributed by atoms with Gasteiger partial charge in [0.15, 0.2) is 24.6 Å². The van der Waals surface area contributed by atoms with Crippen molar-refractivity contribution in [3.05, 3.63) is 117 Å². The van der Waals surface area contributed by atoms with Gasteiger partial charge in [-0.15, -0.1) is 5.46 Å². The zero-order chi connectivity index (χ0) is 30.8. The van der Waals surface area contributed by atoms with Crippen LogP contribution in [-0.4, -0.2) is 6.98 Å². The van der Waals surface area contributed by atoms with Crippen LogP contribution in [0.3, 0.4) is 0 Å². The quantitative estimate of drug-likeness (QED) is 0.121. The molecule has 0 saturated carbocycles. The highest BCUT2D eigenvalue weighted by Gasteiger charge is 2.40. The lowest BCUT2D eigenvalue weighted by Crippen LogP contribution is -2.36. The average molecular weight is 664 g/mol. The summed E-state index contributed by atoms with van der Waals surface area (Å²) in [6.07, 6.45) is -10.6. The van der Waals surface area contributed by atoms with Gasteiger partial charge in [-0.2, -0.15) is 26.3 Å². The van der Waals surface area contributed by atoms with Gasteiger partial charge in [0.1, 0.15) is 0 Å². The van der Waals surface area contributed by atoms with Crippen LogP contribution in [0, 0.1) is 0 Å². The fourth-order valence-corrected chi connectivity index (χ4v) is 6.21. The van der Waals surface area contributed by atoms with Gasteiger partial charge in [0.05, 0.1) is 11.1 Å². The summed E-state index contributed by atoms with van der Waals surface area (Å²) < 4.78 is 124. The highest BCUT2D eigenvalue weighted by atomic mass is 35.5. The first-order chi connectivity index (χ1) is 18.8. The Morgan fingerprint density at radius 3 is 1.00 bits per heavy atom. The van der Waals surface area contributed by atoms with Gasteiger partial charge < -0.3 is 12.9 Å². The van der Waals surface area contributed by atoms with Gasteiger partial charge in [-0.1, -0.05) is 51.1 Å². The highest BCUT2D eigenvalue weighted by molar-refractivity contribution is 8.03. The Kier molecular flexibility index (Phi) is 9.84. The Balaban J connectivity index is 0.000000233. The molecule has 0 unspecified atom stereocenters. The molecule has 0 atom stereocenters. The number of hydrogen-bond acceptors (Lipinski definition) is 1. The summed E-state index contributed by atoms with van der Waals surface area (Å²) >= 11 is 17.9. The maximum absolute atomic E-state index is 14.0. The predicted octanol–water partition coefficient (Wildman–Crippen LogP) is 10.4. The smallest absolute Gasteiger partial charge is 0.445 e. The van der Waals surface area contributed by atoms with Crippen molar-refractivity contribution in [3.8, 4) is 0 Å². The van der Waals surface area contributed by atoms with E-state index in [-0.39, 0.29) is 18.2 Å². The van der Waals surface area contributed by atoms with Crippen LogP contribution in [0.25, 0.3) is 0 Å². The van der Waals surface area contributed by atoms with Gasteiger partial charge in [0, 0.05) is 15.1 Å². The van der Waals surface area contributed by atoms with Gasteiger partial charge in [-0.25, -0.2) is 0 Å². The van der Waals surface area contributed by atoms with Gasteiger partial charge in [0.25, 0.3) is 0 Å². The Labute approximate surface area is 244 Å². The molecule has 0 saturated heterocycles. The van der Waals surface area contributed by atoms with Crippen LogP contribution in [0.5, 0.6) is 0 Å². The van der Waals surface area contributed by atoms with E-state index in [1.807, 2.05) is 0 Å². The molecule has 0 spiro atoms. The van der Waals surface area contributed by atoms with E-state index in [9.17, 15) is 43.5 Å². The molecule has 1 nitrogen and oxygen atoms in total. The van der Waals surface area contributed by atoms with E-state index in [2.05, 4.69) is 0 Å². The predicted molar refractivity (Wildman–Crippen MR) is 142 cm³/mol. The molecule has 4 aromatic carbocycles. The van der Waals surface area contributed by atoms with E-state index < -0.39 is 45.9 Å². The van der Waals surface area contributed by atoms with Crippen LogP contribution in [0.4, 0.5) is 39.3 Å². The molecule has 0 radical (unpaired) electrons. The molecule has 0 fully saturated rings. The Hall–Kier alpha value is -2.67. The van der Waals surface area contributed by atoms with E-state index in [4.69, 9.17) is 34.8 Å². The molecule has 4 rings (SSSR count). The summed E-state index contributed by atoms with van der Waals surface area (Å²) in [7, 11) is -2.65. The zero-order valence-corrected chi connectivity index (χ0v) is 23.2. The molecular weight excluding hydrogens is 649 g/mol. The largest absolute Gasteiger partial charge is 0.509 e. The zero-order valence-electron chi connectivity index (χ0n) is 20.1. The molecule has 0 aliphatic carbocycles. The molecule has 15 heteroatoms. The topological polar surface area (TPSA) is 17.1 Å². The average Bonchev–Trinajstić information content (AvgIpc) is 2.88. The minimum atomic E-state index is -5.95. The van der Waals surface area contributed by atoms with Crippen molar-refractivity contribution < 1.29 is 43.5 Å². The second kappa shape index (κ2) is 12.3. The SMILES string of the molecule is F[B-](F)(F)c1cc(C(F)(F)F)cc(C(F)(F)F)c1.O=[S+](c1ccc(Cl)cc1)(c1ccc(Cl)cc1)c1ccc(Cl)cc1. The minimum absolute atomic E-state index is 0.338. The van der Waals surface area contributed by atoms with E-state index >= 15 is 0 Å². The van der Waals surface area contributed by atoms with Crippen LogP contribution in [0.15, 0.2) is 106 Å². The molecule has 0 aliphatic rings. The van der Waals surface area contributed by atoms with E-state index in [1.165, 1.54) is 0 Å². The number of hydrogen-bond donors (Lipinski definition) is 0. The molecule has 0 bridgehead atoms. The van der Waals surface area contributed by atoms with Gasteiger partial charge in [0.2, 0.25) is 0 Å². The summed E-state index contributed by atoms with van der Waals surface area (Å²) in [4.78, 5) is 2.06. The van der Waals surface area contributed by atoms with E-state index in [0.29, 0.717) is 29.8 Å². The van der Waals surface area contributed by atoms with Crippen LogP contribution >= 0.6 is 34.8 Å². The molecule has 218 valence electrons. The molecule has 4 aromatic rings. The fraction of sp³-hybridized carbons (Fsp3) is 0.0769. The lowest BCUT2D eigenvalue weighted by Gasteiger charge is -2.19. The van der Waals surface area contributed by atoms with Crippen LogP contribution in [-0.2, 0) is 26.5 Å². The van der Waals surface area contributed by atoms with Gasteiger partial charge >= 0.3 is 19.3 Å². The van der Waals surface area contributed by atoms with Crippen molar-refractivity contribution in [1.82, 2.24) is 0 Å². The number of rotatable bonds is 4. The van der Waals surface area contributed by atoms with Crippen molar-refractivity contribution in [3.63, 3.8) is 0 Å². The molecule has 0 aliphatic heterocycles. The standard InChI is InChI=1S/C18H12Cl3OS.C8H3BF9/c19-13-1-7-16(8-2-13)23(22,17-9-3-14(20)4-10-17)18-11-5-15(21)6-12-18;10-7(11,12)4-1-5(8(13,14)15)3-6(2-4)9(16,17)18/h1-12H;1-3H/q+1;-1. The molecule has 0 amide bonds. The van der Waals surface area contributed by atoms with Gasteiger partial charge in [-0.05, 0) is 78.9 Å². The third kappa shape index (κ3) is 8.21. The lowest BCUT2D eigenvalue weighted by molar-refractivity contribution is -0.142. The molecule has 0 aromatic heterocycles. The second-order valence-electron chi connectivity index (χ2n) is 8.33. The third-order valence-electron chi connectivity index (χ3n) is 5.42.